The zero-order valence-electron chi connectivity index (χ0n) is 11.7. The van der Waals surface area contributed by atoms with E-state index in [4.69, 9.17) is 4.52 Å². The Bertz CT molecular complexity index is 826. The van der Waals surface area contributed by atoms with Gasteiger partial charge in [0.05, 0.1) is 4.90 Å². The molecular formula is C14H13N3O3S2. The Hall–Kier alpha value is -2.19. The molecule has 0 radical (unpaired) electrons. The molecule has 2 heterocycles. The standard InChI is InChI=1S/C14H13N3O3S2/c1-2-17(14-15-8-10-21-14)22(18,19)12-5-3-11(4-6-12)13-7-9-20-16-13/h3-10H,2H2,1H3. The fraction of sp³-hybridized carbons (Fsp3) is 0.143. The van der Waals surface area contributed by atoms with E-state index in [1.54, 1.807) is 48.8 Å². The first-order chi connectivity index (χ1) is 10.6. The summed E-state index contributed by atoms with van der Waals surface area (Å²) in [6.07, 6.45) is 3.06. The SMILES string of the molecule is CCN(c1nccs1)S(=O)(=O)c1ccc(-c2ccon2)cc1. The number of rotatable bonds is 5. The average molecular weight is 335 g/mol. The smallest absolute Gasteiger partial charge is 0.266 e. The topological polar surface area (TPSA) is 76.3 Å². The summed E-state index contributed by atoms with van der Waals surface area (Å²) >= 11 is 1.29. The van der Waals surface area contributed by atoms with Crippen molar-refractivity contribution < 1.29 is 12.9 Å². The largest absolute Gasteiger partial charge is 0.364 e. The van der Waals surface area contributed by atoms with E-state index in [2.05, 4.69) is 10.1 Å². The molecule has 114 valence electrons. The molecule has 0 fully saturated rings. The molecule has 0 spiro atoms. The Morgan fingerprint density at radius 1 is 1.23 bits per heavy atom. The lowest BCUT2D eigenvalue weighted by molar-refractivity contribution is 0.422. The Morgan fingerprint density at radius 2 is 2.00 bits per heavy atom. The lowest BCUT2D eigenvalue weighted by Gasteiger charge is -2.19. The van der Waals surface area contributed by atoms with Gasteiger partial charge in [-0.2, -0.15) is 0 Å². The molecule has 0 N–H and O–H groups in total. The highest BCUT2D eigenvalue weighted by atomic mass is 32.2. The maximum absolute atomic E-state index is 12.7. The third kappa shape index (κ3) is 2.62. The summed E-state index contributed by atoms with van der Waals surface area (Å²) in [6.45, 7) is 2.10. The van der Waals surface area contributed by atoms with Crippen molar-refractivity contribution in [1.82, 2.24) is 10.1 Å². The summed E-state index contributed by atoms with van der Waals surface area (Å²) in [7, 11) is -3.62. The summed E-state index contributed by atoms with van der Waals surface area (Å²) in [4.78, 5) is 4.30. The molecule has 0 saturated heterocycles. The lowest BCUT2D eigenvalue weighted by Crippen LogP contribution is -2.30. The summed E-state index contributed by atoms with van der Waals surface area (Å²) in [5.41, 5.74) is 1.46. The number of sulfonamides is 1. The van der Waals surface area contributed by atoms with Crippen LogP contribution in [0.3, 0.4) is 0 Å². The Balaban J connectivity index is 1.95. The maximum Gasteiger partial charge on any atom is 0.266 e. The van der Waals surface area contributed by atoms with Crippen LogP contribution in [0, 0.1) is 0 Å². The van der Waals surface area contributed by atoms with Crippen molar-refractivity contribution in [1.29, 1.82) is 0 Å². The molecule has 3 rings (SSSR count). The second kappa shape index (κ2) is 5.90. The van der Waals surface area contributed by atoms with Crippen LogP contribution >= 0.6 is 11.3 Å². The lowest BCUT2D eigenvalue weighted by atomic mass is 10.2. The summed E-state index contributed by atoms with van der Waals surface area (Å²) in [5, 5.41) is 6.04. The van der Waals surface area contributed by atoms with E-state index in [0.717, 1.165) is 5.56 Å². The van der Waals surface area contributed by atoms with Gasteiger partial charge in [-0.3, -0.25) is 0 Å². The zero-order valence-corrected chi connectivity index (χ0v) is 13.3. The molecule has 0 bridgehead atoms. The maximum atomic E-state index is 12.7. The van der Waals surface area contributed by atoms with Crippen LogP contribution in [0.5, 0.6) is 0 Å². The normalized spacial score (nSPS) is 11.5. The molecular weight excluding hydrogens is 322 g/mol. The number of aromatic nitrogens is 2. The van der Waals surface area contributed by atoms with E-state index in [9.17, 15) is 8.42 Å². The third-order valence-electron chi connectivity index (χ3n) is 3.10. The highest BCUT2D eigenvalue weighted by molar-refractivity contribution is 7.93. The molecule has 0 unspecified atom stereocenters. The molecule has 0 aliphatic heterocycles. The highest BCUT2D eigenvalue weighted by Gasteiger charge is 2.25. The van der Waals surface area contributed by atoms with E-state index in [1.807, 2.05) is 0 Å². The average Bonchev–Trinajstić information content (AvgIpc) is 3.21. The highest BCUT2D eigenvalue weighted by Crippen LogP contribution is 2.26. The van der Waals surface area contributed by atoms with Crippen molar-refractivity contribution in [2.45, 2.75) is 11.8 Å². The van der Waals surface area contributed by atoms with Crippen LogP contribution < -0.4 is 4.31 Å². The Morgan fingerprint density at radius 3 is 2.55 bits per heavy atom. The minimum Gasteiger partial charge on any atom is -0.364 e. The molecule has 8 heteroatoms. The van der Waals surface area contributed by atoms with E-state index in [-0.39, 0.29) is 4.90 Å². The summed E-state index contributed by atoms with van der Waals surface area (Å²) in [5.74, 6) is 0. The van der Waals surface area contributed by atoms with Crippen molar-refractivity contribution in [3.63, 3.8) is 0 Å². The fourth-order valence-electron chi connectivity index (χ4n) is 2.03. The third-order valence-corrected chi connectivity index (χ3v) is 5.89. The van der Waals surface area contributed by atoms with Crippen molar-refractivity contribution in [2.75, 3.05) is 10.8 Å². The summed E-state index contributed by atoms with van der Waals surface area (Å²) in [6, 6.07) is 8.27. The predicted molar refractivity (Wildman–Crippen MR) is 84.3 cm³/mol. The predicted octanol–water partition coefficient (Wildman–Crippen LogP) is 3.01. The minimum absolute atomic E-state index is 0.219. The van der Waals surface area contributed by atoms with Gasteiger partial charge in [0.2, 0.25) is 0 Å². The van der Waals surface area contributed by atoms with E-state index >= 15 is 0 Å². The molecule has 2 aromatic heterocycles. The van der Waals surface area contributed by atoms with Gasteiger partial charge in [0.1, 0.15) is 12.0 Å². The van der Waals surface area contributed by atoms with Gasteiger partial charge in [-0.15, -0.1) is 11.3 Å². The number of anilines is 1. The van der Waals surface area contributed by atoms with Gasteiger partial charge in [0, 0.05) is 29.8 Å². The van der Waals surface area contributed by atoms with Gasteiger partial charge >= 0.3 is 0 Å². The second-order valence-corrected chi connectivity index (χ2v) is 7.13. The van der Waals surface area contributed by atoms with Crippen LogP contribution in [0.1, 0.15) is 6.92 Å². The Kier molecular flexibility index (Phi) is 3.95. The van der Waals surface area contributed by atoms with Crippen molar-refractivity contribution in [2.24, 2.45) is 0 Å². The zero-order chi connectivity index (χ0) is 15.6. The van der Waals surface area contributed by atoms with Crippen molar-refractivity contribution >= 4 is 26.5 Å². The van der Waals surface area contributed by atoms with Gasteiger partial charge in [-0.25, -0.2) is 17.7 Å². The Labute approximate surface area is 132 Å². The van der Waals surface area contributed by atoms with E-state index in [0.29, 0.717) is 17.4 Å². The van der Waals surface area contributed by atoms with Gasteiger partial charge in [0.15, 0.2) is 5.13 Å². The molecule has 0 aliphatic rings. The molecule has 3 aromatic rings. The van der Waals surface area contributed by atoms with Crippen LogP contribution in [0.15, 0.2) is 57.6 Å². The number of nitrogens with zero attached hydrogens (tertiary/aromatic N) is 3. The van der Waals surface area contributed by atoms with E-state index < -0.39 is 10.0 Å². The van der Waals surface area contributed by atoms with Gasteiger partial charge < -0.3 is 4.52 Å². The first kappa shape index (κ1) is 14.7. The van der Waals surface area contributed by atoms with Crippen LogP contribution in [0.2, 0.25) is 0 Å². The molecule has 0 atom stereocenters. The molecule has 22 heavy (non-hydrogen) atoms. The van der Waals surface area contributed by atoms with Gasteiger partial charge in [0.25, 0.3) is 10.0 Å². The van der Waals surface area contributed by atoms with Crippen LogP contribution in [0.4, 0.5) is 5.13 Å². The quantitative estimate of drug-likeness (QED) is 0.716. The molecule has 1 aromatic carbocycles. The van der Waals surface area contributed by atoms with E-state index in [1.165, 1.54) is 21.9 Å². The van der Waals surface area contributed by atoms with Crippen LogP contribution in [-0.2, 0) is 10.0 Å². The second-order valence-electron chi connectivity index (χ2n) is 4.39. The van der Waals surface area contributed by atoms with Gasteiger partial charge in [-0.05, 0) is 19.1 Å². The van der Waals surface area contributed by atoms with Crippen LogP contribution in [0.25, 0.3) is 11.3 Å². The monoisotopic (exact) mass is 335 g/mol. The molecule has 0 amide bonds. The number of benzene rings is 1. The number of hydrogen-bond donors (Lipinski definition) is 0. The molecule has 0 saturated carbocycles. The van der Waals surface area contributed by atoms with Crippen molar-refractivity contribution in [3.05, 3.63) is 48.2 Å². The minimum atomic E-state index is -3.62. The first-order valence-corrected chi connectivity index (χ1v) is 8.88. The first-order valence-electron chi connectivity index (χ1n) is 6.56. The van der Waals surface area contributed by atoms with Gasteiger partial charge in [-0.1, -0.05) is 17.3 Å². The fourth-order valence-corrected chi connectivity index (χ4v) is 4.40. The molecule has 0 aliphatic carbocycles. The number of hydrogen-bond acceptors (Lipinski definition) is 6. The molecule has 6 nitrogen and oxygen atoms in total. The van der Waals surface area contributed by atoms with Crippen LogP contribution in [-0.4, -0.2) is 25.1 Å². The van der Waals surface area contributed by atoms with Crippen molar-refractivity contribution in [3.8, 4) is 11.3 Å². The summed E-state index contributed by atoms with van der Waals surface area (Å²) < 4.78 is 31.5. The number of thiazole rings is 1.